The minimum Gasteiger partial charge on any atom is -0.486 e. The van der Waals surface area contributed by atoms with E-state index in [2.05, 4.69) is 5.32 Å². The fourth-order valence-corrected chi connectivity index (χ4v) is 2.95. The summed E-state index contributed by atoms with van der Waals surface area (Å²) in [6.45, 7) is 4.14. The number of likely N-dealkylation sites (N-methyl/N-ethyl adjacent to an activating group) is 1. The predicted octanol–water partition coefficient (Wildman–Crippen LogP) is 3.15. The van der Waals surface area contributed by atoms with Crippen LogP contribution in [0.4, 0.5) is 5.69 Å². The summed E-state index contributed by atoms with van der Waals surface area (Å²) in [6, 6.07) is 8.01. The molecule has 1 fully saturated rings. The van der Waals surface area contributed by atoms with Gasteiger partial charge in [0.2, 0.25) is 0 Å². The Bertz CT molecular complexity index is 950. The largest absolute Gasteiger partial charge is 0.486 e. The van der Waals surface area contributed by atoms with Crippen LogP contribution in [0, 0.1) is 17.0 Å². The Hall–Kier alpha value is -3.20. The van der Waals surface area contributed by atoms with Gasteiger partial charge in [-0.15, -0.1) is 0 Å². The van der Waals surface area contributed by atoms with Crippen LogP contribution in [0.2, 0.25) is 0 Å². The van der Waals surface area contributed by atoms with Gasteiger partial charge in [0.05, 0.1) is 4.92 Å². The maximum atomic E-state index is 12.2. The number of hydrogen-bond acceptors (Lipinski definition) is 6. The maximum absolute atomic E-state index is 12.2. The smallest absolute Gasteiger partial charge is 0.276 e. The number of hydrogen-bond donors (Lipinski definition) is 1. The molecule has 3 rings (SSSR count). The Kier molecular flexibility index (Phi) is 5.22. The lowest BCUT2D eigenvalue weighted by Gasteiger charge is -2.08. The van der Waals surface area contributed by atoms with Gasteiger partial charge in [-0.3, -0.25) is 19.8 Å². The standard InChI is InChI=1S/C18H17N3O5S/c1-3-20-17(22)15(19-18(20)27)9-13-4-5-14(26-13)10-25-12-6-7-16(21(23)24)11(2)8-12/h4-9H,3,10H2,1-2H3,(H,19,27)/b15-9+. The molecule has 1 aliphatic rings. The molecular formula is C18H17N3O5S. The Labute approximate surface area is 160 Å². The molecule has 0 atom stereocenters. The Morgan fingerprint density at radius 2 is 2.15 bits per heavy atom. The molecule has 1 aromatic heterocycles. The van der Waals surface area contributed by atoms with Crippen LogP contribution in [-0.4, -0.2) is 27.4 Å². The summed E-state index contributed by atoms with van der Waals surface area (Å²) < 4.78 is 11.3. The van der Waals surface area contributed by atoms with E-state index in [9.17, 15) is 14.9 Å². The number of furan rings is 1. The van der Waals surface area contributed by atoms with E-state index < -0.39 is 4.92 Å². The number of benzene rings is 1. The van der Waals surface area contributed by atoms with Crippen molar-refractivity contribution in [2.24, 2.45) is 0 Å². The van der Waals surface area contributed by atoms with Crippen LogP contribution >= 0.6 is 12.2 Å². The summed E-state index contributed by atoms with van der Waals surface area (Å²) in [5, 5.41) is 14.1. The fraction of sp³-hybridized carbons (Fsp3) is 0.222. The van der Waals surface area contributed by atoms with Gasteiger partial charge >= 0.3 is 0 Å². The molecule has 27 heavy (non-hydrogen) atoms. The van der Waals surface area contributed by atoms with Crippen LogP contribution in [0.15, 0.2) is 40.4 Å². The van der Waals surface area contributed by atoms with E-state index in [-0.39, 0.29) is 18.2 Å². The Morgan fingerprint density at radius 1 is 1.37 bits per heavy atom. The lowest BCUT2D eigenvalue weighted by atomic mass is 10.2. The zero-order valence-electron chi connectivity index (χ0n) is 14.7. The number of nitrogens with one attached hydrogen (secondary N) is 1. The number of carbonyl (C=O) groups is 1. The number of aryl methyl sites for hydroxylation is 1. The summed E-state index contributed by atoms with van der Waals surface area (Å²) in [4.78, 5) is 24.0. The van der Waals surface area contributed by atoms with E-state index in [0.29, 0.717) is 40.2 Å². The van der Waals surface area contributed by atoms with E-state index in [1.165, 1.54) is 11.0 Å². The van der Waals surface area contributed by atoms with Crippen molar-refractivity contribution in [2.45, 2.75) is 20.5 Å². The third-order valence-corrected chi connectivity index (χ3v) is 4.32. The first-order valence-corrected chi connectivity index (χ1v) is 8.61. The van der Waals surface area contributed by atoms with Gasteiger partial charge in [0.25, 0.3) is 11.6 Å². The second kappa shape index (κ2) is 7.58. The SMILES string of the molecule is CCN1C(=O)/C(=C\c2ccc(COc3ccc([N+](=O)[O-])c(C)c3)o2)NC1=S. The predicted molar refractivity (Wildman–Crippen MR) is 102 cm³/mol. The molecule has 1 N–H and O–H groups in total. The summed E-state index contributed by atoms with van der Waals surface area (Å²) >= 11 is 5.11. The third-order valence-electron chi connectivity index (χ3n) is 3.99. The van der Waals surface area contributed by atoms with Gasteiger partial charge in [-0.1, -0.05) is 0 Å². The van der Waals surface area contributed by atoms with Crippen LogP contribution in [0.25, 0.3) is 6.08 Å². The molecule has 1 amide bonds. The van der Waals surface area contributed by atoms with E-state index in [1.807, 2.05) is 6.92 Å². The molecule has 1 aromatic carbocycles. The highest BCUT2D eigenvalue weighted by atomic mass is 32.1. The summed E-state index contributed by atoms with van der Waals surface area (Å²) in [5.41, 5.74) is 0.918. The average Bonchev–Trinajstić information content (AvgIpc) is 3.17. The van der Waals surface area contributed by atoms with Crippen LogP contribution in [0.3, 0.4) is 0 Å². The van der Waals surface area contributed by atoms with Crippen molar-refractivity contribution in [3.05, 3.63) is 63.2 Å². The van der Waals surface area contributed by atoms with Gasteiger partial charge in [0.1, 0.15) is 29.6 Å². The number of nitro benzene ring substituents is 1. The molecule has 0 aliphatic carbocycles. The fourth-order valence-electron chi connectivity index (χ4n) is 2.63. The average molecular weight is 387 g/mol. The highest BCUT2D eigenvalue weighted by Crippen LogP contribution is 2.24. The zero-order chi connectivity index (χ0) is 19.6. The van der Waals surface area contributed by atoms with Gasteiger partial charge in [-0.2, -0.15) is 0 Å². The summed E-state index contributed by atoms with van der Waals surface area (Å²) in [5.74, 6) is 1.35. The van der Waals surface area contributed by atoms with Crippen molar-refractivity contribution in [3.8, 4) is 5.75 Å². The number of nitro groups is 1. The van der Waals surface area contributed by atoms with Crippen molar-refractivity contribution in [1.29, 1.82) is 0 Å². The molecule has 1 aliphatic heterocycles. The second-order valence-corrected chi connectivity index (χ2v) is 6.22. The number of amides is 1. The molecule has 9 heteroatoms. The molecule has 2 heterocycles. The Balaban J connectivity index is 1.66. The molecular weight excluding hydrogens is 370 g/mol. The first-order chi connectivity index (χ1) is 12.9. The number of carbonyl (C=O) groups excluding carboxylic acids is 1. The highest BCUT2D eigenvalue weighted by molar-refractivity contribution is 7.80. The normalized spacial score (nSPS) is 15.3. The topological polar surface area (TPSA) is 97.9 Å². The van der Waals surface area contributed by atoms with Gasteiger partial charge < -0.3 is 14.5 Å². The van der Waals surface area contributed by atoms with Crippen molar-refractivity contribution in [3.63, 3.8) is 0 Å². The Morgan fingerprint density at radius 3 is 2.78 bits per heavy atom. The first kappa shape index (κ1) is 18.6. The van der Waals surface area contributed by atoms with Crippen molar-refractivity contribution in [2.75, 3.05) is 6.54 Å². The molecule has 0 saturated carbocycles. The molecule has 2 aromatic rings. The van der Waals surface area contributed by atoms with Crippen LogP contribution in [0.1, 0.15) is 24.0 Å². The van der Waals surface area contributed by atoms with Gasteiger partial charge in [0, 0.05) is 24.3 Å². The van der Waals surface area contributed by atoms with Crippen LogP contribution in [-0.2, 0) is 11.4 Å². The molecule has 0 radical (unpaired) electrons. The molecule has 0 bridgehead atoms. The number of rotatable bonds is 6. The van der Waals surface area contributed by atoms with E-state index in [4.69, 9.17) is 21.4 Å². The minimum atomic E-state index is -0.435. The first-order valence-electron chi connectivity index (χ1n) is 8.20. The summed E-state index contributed by atoms with van der Waals surface area (Å²) in [7, 11) is 0. The van der Waals surface area contributed by atoms with Crippen molar-refractivity contribution < 1.29 is 18.9 Å². The number of nitrogens with zero attached hydrogens (tertiary/aromatic N) is 2. The monoisotopic (exact) mass is 387 g/mol. The van der Waals surface area contributed by atoms with Gasteiger partial charge in [-0.05, 0) is 50.3 Å². The van der Waals surface area contributed by atoms with Crippen LogP contribution < -0.4 is 10.1 Å². The molecule has 140 valence electrons. The minimum absolute atomic E-state index is 0.0435. The zero-order valence-corrected chi connectivity index (χ0v) is 15.5. The number of thiocarbonyl (C=S) groups is 1. The lowest BCUT2D eigenvalue weighted by molar-refractivity contribution is -0.385. The highest BCUT2D eigenvalue weighted by Gasteiger charge is 2.29. The van der Waals surface area contributed by atoms with Gasteiger partial charge in [0.15, 0.2) is 5.11 Å². The van der Waals surface area contributed by atoms with Crippen molar-refractivity contribution in [1.82, 2.24) is 10.2 Å². The molecule has 0 unspecified atom stereocenters. The van der Waals surface area contributed by atoms with E-state index >= 15 is 0 Å². The molecule has 0 spiro atoms. The van der Waals surface area contributed by atoms with Crippen molar-refractivity contribution >= 4 is 35.0 Å². The quantitative estimate of drug-likeness (QED) is 0.352. The third kappa shape index (κ3) is 3.98. The molecule has 1 saturated heterocycles. The van der Waals surface area contributed by atoms with Gasteiger partial charge in [-0.25, -0.2) is 0 Å². The van der Waals surface area contributed by atoms with Crippen LogP contribution in [0.5, 0.6) is 5.75 Å². The second-order valence-electron chi connectivity index (χ2n) is 5.84. The maximum Gasteiger partial charge on any atom is 0.276 e. The molecule has 8 nitrogen and oxygen atoms in total. The van der Waals surface area contributed by atoms with E-state index in [0.717, 1.165) is 0 Å². The summed E-state index contributed by atoms with van der Waals surface area (Å²) in [6.07, 6.45) is 1.59. The lowest BCUT2D eigenvalue weighted by Crippen LogP contribution is -2.30. The van der Waals surface area contributed by atoms with E-state index in [1.54, 1.807) is 37.3 Å². The number of ether oxygens (including phenoxy) is 1.